The molecule has 1 aliphatic carbocycles. The van der Waals surface area contributed by atoms with Crippen LogP contribution in [0.4, 0.5) is 10.7 Å². The Hall–Kier alpha value is -4.69. The van der Waals surface area contributed by atoms with E-state index in [0.717, 1.165) is 12.8 Å². The van der Waals surface area contributed by atoms with Gasteiger partial charge in [-0.15, -0.1) is 0 Å². The van der Waals surface area contributed by atoms with Crippen molar-refractivity contribution in [3.05, 3.63) is 52.6 Å². The Morgan fingerprint density at radius 1 is 1.05 bits per heavy atom. The number of nitrogens with zero attached hydrogens (tertiary/aromatic N) is 3. The number of rotatable bonds is 20. The van der Waals surface area contributed by atoms with Crippen molar-refractivity contribution in [2.45, 2.75) is 99.6 Å². The van der Waals surface area contributed by atoms with Crippen LogP contribution in [0.1, 0.15) is 88.0 Å². The van der Waals surface area contributed by atoms with Crippen molar-refractivity contribution in [1.29, 1.82) is 0 Å². The predicted octanol–water partition coefficient (Wildman–Crippen LogP) is 6.96. The number of benzene rings is 1. The van der Waals surface area contributed by atoms with Crippen LogP contribution in [0.5, 0.6) is 5.75 Å². The largest absolute Gasteiger partial charge is 0.465 e. The Morgan fingerprint density at radius 2 is 1.74 bits per heavy atom. The van der Waals surface area contributed by atoms with Crippen LogP contribution in [0.2, 0.25) is 0 Å². The second kappa shape index (κ2) is 19.2. The van der Waals surface area contributed by atoms with E-state index in [1.54, 1.807) is 71.2 Å². The molecule has 1 saturated carbocycles. The number of esters is 2. The summed E-state index contributed by atoms with van der Waals surface area (Å²) in [5.74, 6) is -1.89. The maximum Gasteiger partial charge on any atom is 0.408 e. The number of para-hydroxylation sites is 1. The fourth-order valence-corrected chi connectivity index (χ4v) is 8.13. The lowest BCUT2D eigenvalue weighted by molar-refractivity contribution is -0.150. The Balaban J connectivity index is 1.67. The maximum atomic E-state index is 14.9. The highest BCUT2D eigenvalue weighted by molar-refractivity contribution is 7.54. The average molecular weight is 815 g/mol. The van der Waals surface area contributed by atoms with Gasteiger partial charge in [0.05, 0.1) is 30.7 Å². The summed E-state index contributed by atoms with van der Waals surface area (Å²) in [6, 6.07) is 7.50. The topological polar surface area (TPSA) is 216 Å². The van der Waals surface area contributed by atoms with E-state index in [2.05, 4.69) is 20.3 Å². The summed E-state index contributed by atoms with van der Waals surface area (Å²) in [4.78, 5) is 63.2. The van der Waals surface area contributed by atoms with Gasteiger partial charge in [-0.05, 0) is 69.1 Å². The summed E-state index contributed by atoms with van der Waals surface area (Å²) < 4.78 is 45.9. The van der Waals surface area contributed by atoms with Gasteiger partial charge in [-0.3, -0.25) is 23.7 Å². The number of aromatic nitrogens is 4. The molecule has 1 fully saturated rings. The fourth-order valence-electron chi connectivity index (χ4n) is 6.18. The average Bonchev–Trinajstić information content (AvgIpc) is 3.66. The molecule has 16 nitrogen and oxygen atoms in total. The molecule has 4 rings (SSSR count). The van der Waals surface area contributed by atoms with Crippen LogP contribution < -0.4 is 21.1 Å². The number of nitrogens with one attached hydrogen (secondary N) is 2. The third-order valence-electron chi connectivity index (χ3n) is 9.59. The quantitative estimate of drug-likeness (QED) is 0.0598. The van der Waals surface area contributed by atoms with Crippen molar-refractivity contribution < 1.29 is 42.2 Å². The lowest BCUT2D eigenvalue weighted by Crippen LogP contribution is -2.47. The molecule has 2 heterocycles. The summed E-state index contributed by atoms with van der Waals surface area (Å²) in [5.41, 5.74) is 4.44. The van der Waals surface area contributed by atoms with Crippen molar-refractivity contribution in [3.8, 4) is 5.75 Å². The monoisotopic (exact) mass is 814 g/mol. The summed E-state index contributed by atoms with van der Waals surface area (Å²) >= 11 is 0. The van der Waals surface area contributed by atoms with E-state index in [4.69, 9.17) is 29.0 Å². The first-order chi connectivity index (χ1) is 26.8. The van der Waals surface area contributed by atoms with Crippen LogP contribution in [0.15, 0.2) is 47.0 Å². The fraction of sp³-hybridized carbons (Fsp3) is 0.600. The van der Waals surface area contributed by atoms with Crippen LogP contribution >= 0.6 is 7.60 Å². The molecule has 0 saturated heterocycles. The molecule has 3 aromatic rings. The first-order valence-corrected chi connectivity index (χ1v) is 21.2. The highest BCUT2D eigenvalue weighted by Crippen LogP contribution is 2.58. The number of hydrogen-bond donors (Lipinski definition) is 3. The first kappa shape index (κ1) is 45.0. The molecule has 0 spiro atoms. The van der Waals surface area contributed by atoms with E-state index in [-0.39, 0.29) is 66.6 Å². The number of carbonyl (C=O) groups is 3. The minimum Gasteiger partial charge on any atom is -0.465 e. The molecule has 1 aromatic carbocycles. The van der Waals surface area contributed by atoms with Gasteiger partial charge in [-0.25, -0.2) is 19.1 Å². The molecule has 0 bridgehead atoms. The third-order valence-corrected chi connectivity index (χ3v) is 11.5. The standard InChI is InChI=1S/C40H59N6O10P/c1-10-27(11-2)20-52-35(48)28(17-25(3)4)21-57(51,56-30-15-13-12-14-16-30)54-23-40(22-53-36(49)31(26(5)6)43-38(50)55-39(7,8)9)18-29(40)19-46-24-42-32-33(46)44-37(41)45-34(32)47/h12-16,19,24-28,31H,10-11,17-18,20-23H2,1-9H3,(H,43,50)(H3,41,44,45,47)/b29-19-/t28-,31+,40?,57+/m1/s1. The number of fused-ring (bicyclic) bond motifs is 1. The lowest BCUT2D eigenvalue weighted by atomic mass is 9.99. The van der Waals surface area contributed by atoms with Crippen LogP contribution in [0.25, 0.3) is 17.4 Å². The smallest absolute Gasteiger partial charge is 0.408 e. The zero-order valence-corrected chi connectivity index (χ0v) is 35.4. The van der Waals surface area contributed by atoms with E-state index >= 15 is 0 Å². The van der Waals surface area contributed by atoms with Gasteiger partial charge in [0.2, 0.25) is 5.95 Å². The molecule has 0 radical (unpaired) electrons. The van der Waals surface area contributed by atoms with Gasteiger partial charge in [-0.1, -0.05) is 72.6 Å². The number of nitrogens with two attached hydrogens (primary N) is 1. The number of H-pyrrole nitrogens is 1. The number of imidazole rings is 1. The van der Waals surface area contributed by atoms with Gasteiger partial charge in [0.25, 0.3) is 5.56 Å². The zero-order valence-electron chi connectivity index (χ0n) is 34.5. The minimum absolute atomic E-state index is 0.0627. The number of amides is 1. The lowest BCUT2D eigenvalue weighted by Gasteiger charge is -2.27. The van der Waals surface area contributed by atoms with Gasteiger partial charge in [-0.2, -0.15) is 4.98 Å². The molecule has 17 heteroatoms. The first-order valence-electron chi connectivity index (χ1n) is 19.5. The van der Waals surface area contributed by atoms with E-state index in [9.17, 15) is 23.7 Å². The molecule has 2 aromatic heterocycles. The molecule has 0 aliphatic heterocycles. The Kier molecular flexibility index (Phi) is 15.1. The maximum absolute atomic E-state index is 14.9. The van der Waals surface area contributed by atoms with E-state index in [1.807, 2.05) is 27.7 Å². The Bertz CT molecular complexity index is 1990. The number of aromatic amines is 1. The second-order valence-corrected chi connectivity index (χ2v) is 18.5. The molecular formula is C40H59N6O10P. The summed E-state index contributed by atoms with van der Waals surface area (Å²) in [5, 5.41) is 2.61. The van der Waals surface area contributed by atoms with Crippen molar-refractivity contribution in [1.82, 2.24) is 24.8 Å². The van der Waals surface area contributed by atoms with Crippen molar-refractivity contribution in [2.24, 2.45) is 29.1 Å². The summed E-state index contributed by atoms with van der Waals surface area (Å²) in [7, 11) is -4.13. The van der Waals surface area contributed by atoms with Crippen LogP contribution in [0, 0.1) is 29.1 Å². The normalized spacial score (nSPS) is 18.4. The van der Waals surface area contributed by atoms with Gasteiger partial charge in [0.1, 0.15) is 30.3 Å². The molecule has 1 unspecified atom stereocenters. The van der Waals surface area contributed by atoms with Crippen molar-refractivity contribution in [2.75, 3.05) is 31.7 Å². The van der Waals surface area contributed by atoms with Gasteiger partial charge >= 0.3 is 25.6 Å². The second-order valence-electron chi connectivity index (χ2n) is 16.5. The van der Waals surface area contributed by atoms with E-state index in [1.165, 1.54) is 10.9 Å². The predicted molar refractivity (Wildman–Crippen MR) is 216 cm³/mol. The van der Waals surface area contributed by atoms with Crippen LogP contribution in [-0.4, -0.2) is 75.2 Å². The number of hydrogen-bond acceptors (Lipinski definition) is 13. The van der Waals surface area contributed by atoms with Crippen LogP contribution in [0.3, 0.4) is 0 Å². The zero-order chi connectivity index (χ0) is 42.1. The van der Waals surface area contributed by atoms with E-state index < -0.39 is 54.2 Å². The molecule has 4 N–H and O–H groups in total. The van der Waals surface area contributed by atoms with Gasteiger partial charge in [0, 0.05) is 6.20 Å². The summed E-state index contributed by atoms with van der Waals surface area (Å²) in [6.07, 6.45) is 4.44. The number of anilines is 1. The van der Waals surface area contributed by atoms with Crippen molar-refractivity contribution >= 4 is 48.9 Å². The molecule has 314 valence electrons. The highest BCUT2D eigenvalue weighted by atomic mass is 31.2. The SMILES string of the molecule is CCC(CC)COC(=O)[C@H](CC(C)C)C[P@](=O)(OCC1(COC(=O)[C@@H](NC(=O)OC(C)(C)C)C(C)C)C/C1=C/n1cnc2c(=O)[nH]c(N)nc21)Oc1ccccc1. The minimum atomic E-state index is -4.13. The number of ether oxygens (including phenoxy) is 3. The number of alkyl carbamates (subject to hydrolysis) is 1. The molecule has 1 aliphatic rings. The molecule has 57 heavy (non-hydrogen) atoms. The Morgan fingerprint density at radius 3 is 2.35 bits per heavy atom. The third kappa shape index (κ3) is 12.9. The summed E-state index contributed by atoms with van der Waals surface area (Å²) in [6.45, 7) is 16.4. The Labute approximate surface area is 334 Å². The highest BCUT2D eigenvalue weighted by Gasteiger charge is 2.53. The van der Waals surface area contributed by atoms with Gasteiger partial charge < -0.3 is 29.8 Å². The van der Waals surface area contributed by atoms with Crippen LogP contribution in [-0.2, 0) is 32.9 Å². The molecule has 4 atom stereocenters. The van der Waals surface area contributed by atoms with Crippen molar-refractivity contribution in [3.63, 3.8) is 0 Å². The molecular weight excluding hydrogens is 755 g/mol. The number of nitrogen functional groups attached to an aromatic ring is 1. The number of carbonyl (C=O) groups excluding carboxylic acids is 3. The van der Waals surface area contributed by atoms with E-state index in [0.29, 0.717) is 18.4 Å². The van der Waals surface area contributed by atoms with Gasteiger partial charge in [0.15, 0.2) is 11.2 Å². The molecule has 1 amide bonds.